The molecule has 0 radical (unpaired) electrons. The molecule has 3 rings (SSSR count). The van der Waals surface area contributed by atoms with Crippen LogP contribution < -0.4 is 5.73 Å². The van der Waals surface area contributed by atoms with Crippen molar-refractivity contribution >= 4 is 17.5 Å². The largest absolute Gasteiger partial charge is 0.340 e. The van der Waals surface area contributed by atoms with Crippen LogP contribution in [-0.2, 0) is 4.79 Å². The molecule has 4 nitrogen and oxygen atoms in total. The fourth-order valence-electron chi connectivity index (χ4n) is 4.05. The van der Waals surface area contributed by atoms with E-state index in [0.29, 0.717) is 5.91 Å². The maximum Gasteiger partial charge on any atom is 0.225 e. The van der Waals surface area contributed by atoms with Crippen molar-refractivity contribution in [3.63, 3.8) is 0 Å². The van der Waals surface area contributed by atoms with Gasteiger partial charge in [-0.25, -0.2) is 0 Å². The van der Waals surface area contributed by atoms with Gasteiger partial charge in [-0.15, -0.1) is 0 Å². The molecule has 5 heteroatoms. The molecule has 2 fully saturated rings. The number of carbonyl (C=O) groups excluding carboxylic acids is 1. The summed E-state index contributed by atoms with van der Waals surface area (Å²) in [6.45, 7) is 5.60. The molecule has 0 spiro atoms. The molecule has 1 amide bonds. The van der Waals surface area contributed by atoms with Crippen LogP contribution in [0.2, 0.25) is 5.02 Å². The molecule has 0 bridgehead atoms. The number of rotatable bonds is 3. The highest BCUT2D eigenvalue weighted by molar-refractivity contribution is 6.31. The number of amides is 1. The molecular weight excluding hydrogens is 322 g/mol. The summed E-state index contributed by atoms with van der Waals surface area (Å²) >= 11 is 6.33. The Bertz CT molecular complexity index is 571. The van der Waals surface area contributed by atoms with E-state index in [2.05, 4.69) is 17.9 Å². The summed E-state index contributed by atoms with van der Waals surface area (Å²) in [4.78, 5) is 17.2. The second kappa shape index (κ2) is 7.85. The molecule has 1 aliphatic carbocycles. The zero-order chi connectivity index (χ0) is 17.1. The molecule has 1 aromatic carbocycles. The third-order valence-corrected chi connectivity index (χ3v) is 5.94. The van der Waals surface area contributed by atoms with Gasteiger partial charge in [-0.1, -0.05) is 36.2 Å². The van der Waals surface area contributed by atoms with Gasteiger partial charge >= 0.3 is 0 Å². The molecule has 1 heterocycles. The van der Waals surface area contributed by atoms with Crippen LogP contribution in [0.1, 0.15) is 44.2 Å². The summed E-state index contributed by atoms with van der Waals surface area (Å²) in [5.41, 5.74) is 7.21. The third-order valence-electron chi connectivity index (χ3n) is 5.59. The van der Waals surface area contributed by atoms with Crippen molar-refractivity contribution in [1.29, 1.82) is 0 Å². The summed E-state index contributed by atoms with van der Waals surface area (Å²) in [6, 6.07) is 8.51. The van der Waals surface area contributed by atoms with Gasteiger partial charge in [0, 0.05) is 49.2 Å². The van der Waals surface area contributed by atoms with Gasteiger partial charge in [0.15, 0.2) is 0 Å². The zero-order valence-corrected chi connectivity index (χ0v) is 15.2. The third kappa shape index (κ3) is 3.93. The van der Waals surface area contributed by atoms with E-state index in [1.54, 1.807) is 0 Å². The smallest absolute Gasteiger partial charge is 0.225 e. The lowest BCUT2D eigenvalue weighted by atomic mass is 9.85. The standard InChI is InChI=1S/C19H28ClN3O/c1-14(17-7-2-3-8-18(17)20)22-9-11-23(12-10-22)19(24)15-5-4-6-16(21)13-15/h2-3,7-8,14-16H,4-6,9-13,21H2,1H3. The Morgan fingerprint density at radius 1 is 1.21 bits per heavy atom. The van der Waals surface area contributed by atoms with Crippen molar-refractivity contribution in [3.8, 4) is 0 Å². The summed E-state index contributed by atoms with van der Waals surface area (Å²) in [5.74, 6) is 0.455. The first-order valence-corrected chi connectivity index (χ1v) is 9.47. The Balaban J connectivity index is 1.55. The number of hydrogen-bond donors (Lipinski definition) is 1. The SMILES string of the molecule is CC(c1ccccc1Cl)N1CCN(C(=O)C2CCCC(N)C2)CC1. The maximum absolute atomic E-state index is 12.7. The van der Waals surface area contributed by atoms with E-state index in [-0.39, 0.29) is 18.0 Å². The van der Waals surface area contributed by atoms with Crippen molar-refractivity contribution in [2.75, 3.05) is 26.2 Å². The summed E-state index contributed by atoms with van der Waals surface area (Å²) < 4.78 is 0. The number of nitrogens with zero attached hydrogens (tertiary/aromatic N) is 2. The molecule has 1 aromatic rings. The Morgan fingerprint density at radius 2 is 1.92 bits per heavy atom. The van der Waals surface area contributed by atoms with Crippen molar-refractivity contribution < 1.29 is 4.79 Å². The van der Waals surface area contributed by atoms with Crippen molar-refractivity contribution in [2.24, 2.45) is 11.7 Å². The molecule has 0 aromatic heterocycles. The summed E-state index contributed by atoms with van der Waals surface area (Å²) in [7, 11) is 0. The number of halogens is 1. The van der Waals surface area contributed by atoms with Crippen LogP contribution >= 0.6 is 11.6 Å². The van der Waals surface area contributed by atoms with Crippen LogP contribution in [0, 0.1) is 5.92 Å². The van der Waals surface area contributed by atoms with Crippen LogP contribution in [0.25, 0.3) is 0 Å². The van der Waals surface area contributed by atoms with E-state index in [0.717, 1.165) is 62.4 Å². The van der Waals surface area contributed by atoms with Crippen molar-refractivity contribution in [3.05, 3.63) is 34.9 Å². The van der Waals surface area contributed by atoms with E-state index >= 15 is 0 Å². The van der Waals surface area contributed by atoms with Gasteiger partial charge in [0.05, 0.1) is 0 Å². The number of piperazine rings is 1. The molecule has 3 unspecified atom stereocenters. The predicted octanol–water partition coefficient (Wildman–Crippen LogP) is 3.06. The number of nitrogens with two attached hydrogens (primary N) is 1. The molecule has 2 N–H and O–H groups in total. The minimum Gasteiger partial charge on any atom is -0.340 e. The van der Waals surface area contributed by atoms with Gasteiger partial charge in [-0.2, -0.15) is 0 Å². The molecule has 3 atom stereocenters. The van der Waals surface area contributed by atoms with E-state index in [9.17, 15) is 4.79 Å². The van der Waals surface area contributed by atoms with Gasteiger partial charge in [-0.05, 0) is 37.8 Å². The lowest BCUT2D eigenvalue weighted by molar-refractivity contribution is -0.138. The highest BCUT2D eigenvalue weighted by atomic mass is 35.5. The van der Waals surface area contributed by atoms with Gasteiger partial charge < -0.3 is 10.6 Å². The Labute approximate surface area is 149 Å². The van der Waals surface area contributed by atoms with E-state index in [4.69, 9.17) is 17.3 Å². The quantitative estimate of drug-likeness (QED) is 0.912. The van der Waals surface area contributed by atoms with E-state index < -0.39 is 0 Å². The Hall–Kier alpha value is -1.10. The molecule has 2 aliphatic rings. The minimum atomic E-state index is 0.140. The van der Waals surface area contributed by atoms with E-state index in [1.165, 1.54) is 0 Å². The average molecular weight is 350 g/mol. The normalized spacial score (nSPS) is 27.0. The first-order chi connectivity index (χ1) is 11.6. The molecule has 1 saturated heterocycles. The van der Waals surface area contributed by atoms with Gasteiger partial charge in [0.1, 0.15) is 0 Å². The lowest BCUT2D eigenvalue weighted by Crippen LogP contribution is -2.51. The first-order valence-electron chi connectivity index (χ1n) is 9.09. The fourth-order valence-corrected chi connectivity index (χ4v) is 4.34. The fraction of sp³-hybridized carbons (Fsp3) is 0.632. The topological polar surface area (TPSA) is 49.6 Å². The number of benzene rings is 1. The second-order valence-corrected chi connectivity index (χ2v) is 7.59. The number of carbonyl (C=O) groups is 1. The highest BCUT2D eigenvalue weighted by Gasteiger charge is 2.31. The summed E-state index contributed by atoms with van der Waals surface area (Å²) in [5, 5.41) is 0.819. The van der Waals surface area contributed by atoms with Crippen molar-refractivity contribution in [2.45, 2.75) is 44.7 Å². The maximum atomic E-state index is 12.7. The van der Waals surface area contributed by atoms with Crippen LogP contribution in [-0.4, -0.2) is 47.9 Å². The second-order valence-electron chi connectivity index (χ2n) is 7.18. The highest BCUT2D eigenvalue weighted by Crippen LogP contribution is 2.29. The monoisotopic (exact) mass is 349 g/mol. The number of hydrogen-bond acceptors (Lipinski definition) is 3. The molecule has 1 saturated carbocycles. The summed E-state index contributed by atoms with van der Waals surface area (Å²) in [6.07, 6.45) is 4.01. The average Bonchev–Trinajstić information content (AvgIpc) is 2.61. The molecule has 1 aliphatic heterocycles. The molecule has 132 valence electrons. The van der Waals surface area contributed by atoms with Crippen LogP contribution in [0.5, 0.6) is 0 Å². The van der Waals surface area contributed by atoms with Crippen LogP contribution in [0.4, 0.5) is 0 Å². The van der Waals surface area contributed by atoms with Gasteiger partial charge in [-0.3, -0.25) is 9.69 Å². The predicted molar refractivity (Wildman–Crippen MR) is 98.0 cm³/mol. The van der Waals surface area contributed by atoms with Gasteiger partial charge in [0.25, 0.3) is 0 Å². The Morgan fingerprint density at radius 3 is 2.58 bits per heavy atom. The van der Waals surface area contributed by atoms with E-state index in [1.807, 2.05) is 23.1 Å². The zero-order valence-electron chi connectivity index (χ0n) is 14.5. The first kappa shape index (κ1) is 17.7. The van der Waals surface area contributed by atoms with Crippen LogP contribution in [0.15, 0.2) is 24.3 Å². The lowest BCUT2D eigenvalue weighted by Gasteiger charge is -2.40. The molecular formula is C19H28ClN3O. The van der Waals surface area contributed by atoms with Crippen LogP contribution in [0.3, 0.4) is 0 Å². The van der Waals surface area contributed by atoms with Gasteiger partial charge in [0.2, 0.25) is 5.91 Å². The molecule has 24 heavy (non-hydrogen) atoms. The Kier molecular flexibility index (Phi) is 5.80. The van der Waals surface area contributed by atoms with Crippen molar-refractivity contribution in [1.82, 2.24) is 9.80 Å². The minimum absolute atomic E-state index is 0.140.